The van der Waals surface area contributed by atoms with Crippen LogP contribution in [-0.2, 0) is 0 Å². The summed E-state index contributed by atoms with van der Waals surface area (Å²) in [5.41, 5.74) is 3.75. The van der Waals surface area contributed by atoms with Gasteiger partial charge in [-0.2, -0.15) is 10.2 Å². The molecule has 21 heavy (non-hydrogen) atoms. The van der Waals surface area contributed by atoms with Crippen molar-refractivity contribution in [3.63, 3.8) is 0 Å². The Morgan fingerprint density at radius 1 is 1.24 bits per heavy atom. The molecule has 0 aromatic carbocycles. The zero-order valence-electron chi connectivity index (χ0n) is 12.0. The molecule has 0 saturated heterocycles. The molecule has 0 spiro atoms. The predicted molar refractivity (Wildman–Crippen MR) is 81.1 cm³/mol. The summed E-state index contributed by atoms with van der Waals surface area (Å²) in [6, 6.07) is 6.48. The molecule has 3 heterocycles. The molecule has 0 atom stereocenters. The van der Waals surface area contributed by atoms with Gasteiger partial charge in [0.15, 0.2) is 5.65 Å². The molecule has 3 aromatic heterocycles. The fraction of sp³-hybridized carbons (Fsp3) is 0.333. The van der Waals surface area contributed by atoms with Crippen LogP contribution in [0.5, 0.6) is 0 Å². The summed E-state index contributed by atoms with van der Waals surface area (Å²) >= 11 is 0. The third-order valence-corrected chi connectivity index (χ3v) is 3.74. The van der Waals surface area contributed by atoms with Crippen molar-refractivity contribution in [1.29, 1.82) is 0 Å². The number of aryl methyl sites for hydroxylation is 1. The van der Waals surface area contributed by atoms with Crippen LogP contribution in [0.2, 0.25) is 0 Å². The second kappa shape index (κ2) is 4.51. The third-order valence-electron chi connectivity index (χ3n) is 3.74. The monoisotopic (exact) mass is 280 g/mol. The van der Waals surface area contributed by atoms with Gasteiger partial charge >= 0.3 is 0 Å². The van der Waals surface area contributed by atoms with Crippen LogP contribution in [0.15, 0.2) is 24.4 Å². The standard InChI is InChI=1S/C15H16N6/c1-9-7-10(8-17-20-9)14-18-12-5-6-13(16-2)19-15(12)21(14)11-3-4-11/h5-8,11H,3-4H2,1-2H3,(H,16,19). The first kappa shape index (κ1) is 12.3. The molecule has 106 valence electrons. The SMILES string of the molecule is CNc1ccc2nc(-c3cnnc(C)c3)n(C3CC3)c2n1. The second-order valence-electron chi connectivity index (χ2n) is 5.41. The van der Waals surface area contributed by atoms with Crippen LogP contribution in [-0.4, -0.2) is 31.8 Å². The highest BCUT2D eigenvalue weighted by molar-refractivity contribution is 5.79. The molecule has 0 unspecified atom stereocenters. The van der Waals surface area contributed by atoms with E-state index >= 15 is 0 Å². The smallest absolute Gasteiger partial charge is 0.162 e. The van der Waals surface area contributed by atoms with E-state index in [9.17, 15) is 0 Å². The third kappa shape index (κ3) is 2.03. The summed E-state index contributed by atoms with van der Waals surface area (Å²) in [6.07, 6.45) is 4.13. The number of nitrogens with zero attached hydrogens (tertiary/aromatic N) is 5. The summed E-state index contributed by atoms with van der Waals surface area (Å²) in [4.78, 5) is 9.44. The van der Waals surface area contributed by atoms with Crippen LogP contribution in [0.1, 0.15) is 24.6 Å². The molecule has 1 N–H and O–H groups in total. The van der Waals surface area contributed by atoms with E-state index in [0.717, 1.165) is 34.1 Å². The number of pyridine rings is 1. The number of anilines is 1. The summed E-state index contributed by atoms with van der Waals surface area (Å²) < 4.78 is 2.24. The lowest BCUT2D eigenvalue weighted by molar-refractivity contribution is 0.765. The molecule has 1 fully saturated rings. The van der Waals surface area contributed by atoms with Crippen molar-refractivity contribution < 1.29 is 0 Å². The Morgan fingerprint density at radius 3 is 2.81 bits per heavy atom. The fourth-order valence-electron chi connectivity index (χ4n) is 2.59. The van der Waals surface area contributed by atoms with Gasteiger partial charge in [0.2, 0.25) is 0 Å². The van der Waals surface area contributed by atoms with Crippen LogP contribution < -0.4 is 5.32 Å². The Hall–Kier alpha value is -2.50. The van der Waals surface area contributed by atoms with Crippen molar-refractivity contribution in [3.8, 4) is 11.4 Å². The minimum absolute atomic E-state index is 0.498. The Kier molecular flexibility index (Phi) is 2.63. The van der Waals surface area contributed by atoms with E-state index in [1.807, 2.05) is 32.2 Å². The molecule has 0 bridgehead atoms. The number of fused-ring (bicyclic) bond motifs is 1. The second-order valence-corrected chi connectivity index (χ2v) is 5.41. The normalized spacial score (nSPS) is 14.6. The first-order valence-corrected chi connectivity index (χ1v) is 7.12. The number of rotatable bonds is 3. The van der Waals surface area contributed by atoms with Crippen molar-refractivity contribution in [2.75, 3.05) is 12.4 Å². The van der Waals surface area contributed by atoms with Gasteiger partial charge in [-0.1, -0.05) is 0 Å². The molecule has 1 aliphatic carbocycles. The van der Waals surface area contributed by atoms with Crippen LogP contribution in [0, 0.1) is 6.92 Å². The number of nitrogens with one attached hydrogen (secondary N) is 1. The van der Waals surface area contributed by atoms with E-state index in [1.165, 1.54) is 12.8 Å². The van der Waals surface area contributed by atoms with Crippen molar-refractivity contribution in [2.45, 2.75) is 25.8 Å². The molecule has 6 heteroatoms. The first-order valence-electron chi connectivity index (χ1n) is 7.12. The lowest BCUT2D eigenvalue weighted by Crippen LogP contribution is -2.01. The Bertz CT molecular complexity index is 818. The maximum Gasteiger partial charge on any atom is 0.162 e. The van der Waals surface area contributed by atoms with Gasteiger partial charge in [0.1, 0.15) is 17.2 Å². The van der Waals surface area contributed by atoms with Gasteiger partial charge in [0.25, 0.3) is 0 Å². The highest BCUT2D eigenvalue weighted by Gasteiger charge is 2.29. The average molecular weight is 280 g/mol. The van der Waals surface area contributed by atoms with E-state index in [-0.39, 0.29) is 0 Å². The van der Waals surface area contributed by atoms with Crippen molar-refractivity contribution in [1.82, 2.24) is 24.7 Å². The quantitative estimate of drug-likeness (QED) is 0.798. The predicted octanol–water partition coefficient (Wildman–Crippen LogP) is 2.57. The molecule has 1 saturated carbocycles. The van der Waals surface area contributed by atoms with Gasteiger partial charge in [-0.05, 0) is 38.0 Å². The van der Waals surface area contributed by atoms with E-state index in [2.05, 4.69) is 25.1 Å². The number of hydrogen-bond donors (Lipinski definition) is 1. The summed E-state index contributed by atoms with van der Waals surface area (Å²) in [5.74, 6) is 1.80. The summed E-state index contributed by atoms with van der Waals surface area (Å²) in [5, 5.41) is 11.2. The molecule has 6 nitrogen and oxygen atoms in total. The van der Waals surface area contributed by atoms with Gasteiger partial charge in [-0.25, -0.2) is 9.97 Å². The Labute approximate surface area is 122 Å². The van der Waals surface area contributed by atoms with Crippen molar-refractivity contribution >= 4 is 17.0 Å². The highest BCUT2D eigenvalue weighted by Crippen LogP contribution is 2.40. The van der Waals surface area contributed by atoms with Crippen LogP contribution >= 0.6 is 0 Å². The van der Waals surface area contributed by atoms with Gasteiger partial charge in [0, 0.05) is 18.7 Å². The van der Waals surface area contributed by atoms with E-state index in [0.29, 0.717) is 6.04 Å². The first-order chi connectivity index (χ1) is 10.3. The topological polar surface area (TPSA) is 68.5 Å². The van der Waals surface area contributed by atoms with Gasteiger partial charge in [0.05, 0.1) is 11.9 Å². The Morgan fingerprint density at radius 2 is 2.10 bits per heavy atom. The Balaban J connectivity index is 1.98. The van der Waals surface area contributed by atoms with Gasteiger partial charge < -0.3 is 9.88 Å². The highest BCUT2D eigenvalue weighted by atomic mass is 15.2. The molecule has 4 rings (SSSR count). The van der Waals surface area contributed by atoms with E-state index in [1.54, 1.807) is 6.20 Å². The molecule has 0 amide bonds. The maximum atomic E-state index is 4.77. The zero-order valence-corrected chi connectivity index (χ0v) is 12.0. The minimum Gasteiger partial charge on any atom is -0.373 e. The molecule has 0 radical (unpaired) electrons. The van der Waals surface area contributed by atoms with Crippen LogP contribution in [0.25, 0.3) is 22.6 Å². The largest absolute Gasteiger partial charge is 0.373 e. The van der Waals surface area contributed by atoms with E-state index < -0.39 is 0 Å². The van der Waals surface area contributed by atoms with Gasteiger partial charge in [-0.15, -0.1) is 0 Å². The maximum absolute atomic E-state index is 4.77. The van der Waals surface area contributed by atoms with Crippen molar-refractivity contribution in [2.24, 2.45) is 0 Å². The average Bonchev–Trinajstić information content (AvgIpc) is 3.26. The number of imidazole rings is 1. The number of hydrogen-bond acceptors (Lipinski definition) is 5. The summed E-state index contributed by atoms with van der Waals surface area (Å²) in [7, 11) is 1.88. The van der Waals surface area contributed by atoms with E-state index in [4.69, 9.17) is 4.98 Å². The molecule has 3 aromatic rings. The van der Waals surface area contributed by atoms with Crippen molar-refractivity contribution in [3.05, 3.63) is 30.1 Å². The fourth-order valence-corrected chi connectivity index (χ4v) is 2.59. The number of aromatic nitrogens is 5. The molecule has 1 aliphatic rings. The zero-order chi connectivity index (χ0) is 14.4. The summed E-state index contributed by atoms with van der Waals surface area (Å²) in [6.45, 7) is 1.94. The van der Waals surface area contributed by atoms with Crippen LogP contribution in [0.3, 0.4) is 0 Å². The molecule has 0 aliphatic heterocycles. The van der Waals surface area contributed by atoms with Gasteiger partial charge in [-0.3, -0.25) is 0 Å². The molecular weight excluding hydrogens is 264 g/mol. The lowest BCUT2D eigenvalue weighted by atomic mass is 10.2. The molecular formula is C15H16N6. The lowest BCUT2D eigenvalue weighted by Gasteiger charge is -2.07. The van der Waals surface area contributed by atoms with Crippen LogP contribution in [0.4, 0.5) is 5.82 Å². The minimum atomic E-state index is 0.498.